The van der Waals surface area contributed by atoms with Gasteiger partial charge in [0, 0.05) is 12.7 Å². The summed E-state index contributed by atoms with van der Waals surface area (Å²) in [6.45, 7) is 4.67. The predicted octanol–water partition coefficient (Wildman–Crippen LogP) is 2.19. The van der Waals surface area contributed by atoms with Gasteiger partial charge in [-0.25, -0.2) is 14.8 Å². The number of nitrogens with zero attached hydrogens (tertiary/aromatic N) is 4. The lowest BCUT2D eigenvalue weighted by Crippen LogP contribution is -2.09. The molecule has 0 aromatic carbocycles. The molecule has 2 heterocycles. The molecule has 0 fully saturated rings. The summed E-state index contributed by atoms with van der Waals surface area (Å²) < 4.78 is 6.66. The zero-order chi connectivity index (χ0) is 13.8. The van der Waals surface area contributed by atoms with Crippen LogP contribution in [0.5, 0.6) is 0 Å². The molecule has 0 saturated heterocycles. The van der Waals surface area contributed by atoms with E-state index in [1.807, 2.05) is 6.92 Å². The summed E-state index contributed by atoms with van der Waals surface area (Å²) in [4.78, 5) is 19.7. The Morgan fingerprint density at radius 3 is 2.89 bits per heavy atom. The lowest BCUT2D eigenvalue weighted by atomic mass is 10.2. The largest absolute Gasteiger partial charge is 0.461 e. The van der Waals surface area contributed by atoms with Crippen molar-refractivity contribution in [2.24, 2.45) is 0 Å². The van der Waals surface area contributed by atoms with Gasteiger partial charge in [0.05, 0.1) is 18.0 Å². The van der Waals surface area contributed by atoms with Gasteiger partial charge in [-0.2, -0.15) is 5.10 Å². The maximum atomic E-state index is 11.7. The van der Waals surface area contributed by atoms with Crippen LogP contribution in [0, 0.1) is 0 Å². The van der Waals surface area contributed by atoms with Gasteiger partial charge in [-0.05, 0) is 37.6 Å². The normalized spacial score (nSPS) is 10.5. The molecular formula is C12H13ClN4O2. The van der Waals surface area contributed by atoms with E-state index in [9.17, 15) is 4.79 Å². The average Bonchev–Trinajstić information content (AvgIpc) is 2.86. The smallest absolute Gasteiger partial charge is 0.357 e. The van der Waals surface area contributed by atoms with Gasteiger partial charge in [-0.15, -0.1) is 0 Å². The van der Waals surface area contributed by atoms with Crippen molar-refractivity contribution < 1.29 is 9.53 Å². The average molecular weight is 281 g/mol. The van der Waals surface area contributed by atoms with Crippen LogP contribution in [0.25, 0.3) is 11.4 Å². The van der Waals surface area contributed by atoms with E-state index in [4.69, 9.17) is 16.3 Å². The minimum Gasteiger partial charge on any atom is -0.461 e. The summed E-state index contributed by atoms with van der Waals surface area (Å²) in [5.74, 6) is -0.518. The van der Waals surface area contributed by atoms with Gasteiger partial charge in [0.2, 0.25) is 5.28 Å². The van der Waals surface area contributed by atoms with Crippen molar-refractivity contribution in [1.29, 1.82) is 0 Å². The fraction of sp³-hybridized carbons (Fsp3) is 0.333. The van der Waals surface area contributed by atoms with Crippen LogP contribution in [0.3, 0.4) is 0 Å². The van der Waals surface area contributed by atoms with E-state index >= 15 is 0 Å². The molecule has 0 aliphatic carbocycles. The number of aryl methyl sites for hydroxylation is 1. The molecule has 0 unspecified atom stereocenters. The highest BCUT2D eigenvalue weighted by molar-refractivity contribution is 6.28. The monoisotopic (exact) mass is 280 g/mol. The summed E-state index contributed by atoms with van der Waals surface area (Å²) in [6, 6.07) is 3.35. The number of hydrogen-bond donors (Lipinski definition) is 0. The fourth-order valence-corrected chi connectivity index (χ4v) is 1.84. The van der Waals surface area contributed by atoms with E-state index < -0.39 is 5.97 Å². The molecule has 0 spiro atoms. The van der Waals surface area contributed by atoms with Crippen LogP contribution in [-0.2, 0) is 11.3 Å². The van der Waals surface area contributed by atoms with E-state index in [1.165, 1.54) is 0 Å². The first kappa shape index (κ1) is 13.5. The molecule has 0 radical (unpaired) electrons. The fourth-order valence-electron chi connectivity index (χ4n) is 1.66. The molecule has 2 aromatic rings. The third kappa shape index (κ3) is 2.90. The molecule has 6 nitrogen and oxygen atoms in total. The summed E-state index contributed by atoms with van der Waals surface area (Å²) in [6.07, 6.45) is 1.67. The van der Waals surface area contributed by atoms with E-state index in [2.05, 4.69) is 15.1 Å². The highest BCUT2D eigenvalue weighted by Crippen LogP contribution is 2.19. The lowest BCUT2D eigenvalue weighted by molar-refractivity contribution is 0.0519. The molecule has 0 aliphatic heterocycles. The predicted molar refractivity (Wildman–Crippen MR) is 69.9 cm³/mol. The molecule has 0 amide bonds. The molecule has 2 aromatic heterocycles. The van der Waals surface area contributed by atoms with Crippen LogP contribution in [0.15, 0.2) is 18.3 Å². The second-order valence-corrected chi connectivity index (χ2v) is 4.00. The summed E-state index contributed by atoms with van der Waals surface area (Å²) in [7, 11) is 0. The second kappa shape index (κ2) is 5.79. The van der Waals surface area contributed by atoms with Crippen LogP contribution in [0.1, 0.15) is 24.3 Å². The highest BCUT2D eigenvalue weighted by atomic mass is 35.5. The first-order chi connectivity index (χ1) is 9.15. The van der Waals surface area contributed by atoms with Crippen LogP contribution in [0.2, 0.25) is 5.28 Å². The van der Waals surface area contributed by atoms with Gasteiger partial charge in [0.15, 0.2) is 5.69 Å². The molecule has 0 bridgehead atoms. The van der Waals surface area contributed by atoms with Gasteiger partial charge in [0.1, 0.15) is 0 Å². The Labute approximate surface area is 115 Å². The molecular weight excluding hydrogens is 268 g/mol. The van der Waals surface area contributed by atoms with Crippen molar-refractivity contribution in [3.05, 3.63) is 29.3 Å². The van der Waals surface area contributed by atoms with E-state index in [1.54, 1.807) is 29.9 Å². The minimum atomic E-state index is -0.518. The summed E-state index contributed by atoms with van der Waals surface area (Å²) >= 11 is 5.85. The van der Waals surface area contributed by atoms with Crippen molar-refractivity contribution in [3.63, 3.8) is 0 Å². The van der Waals surface area contributed by atoms with Crippen molar-refractivity contribution in [1.82, 2.24) is 19.7 Å². The van der Waals surface area contributed by atoms with Crippen molar-refractivity contribution in [2.75, 3.05) is 6.61 Å². The van der Waals surface area contributed by atoms with Crippen LogP contribution in [-0.4, -0.2) is 32.3 Å². The van der Waals surface area contributed by atoms with E-state index in [-0.39, 0.29) is 17.6 Å². The number of hydrogen-bond acceptors (Lipinski definition) is 5. The standard InChI is InChI=1S/C12H13ClN4O2/c1-3-17-10(5-6-14-17)8-7-9(11(18)19-4-2)16-12(13)15-8/h5-7H,3-4H2,1-2H3. The molecule has 0 atom stereocenters. The Hall–Kier alpha value is -1.95. The zero-order valence-corrected chi connectivity index (χ0v) is 11.4. The number of rotatable bonds is 4. The molecule has 0 saturated carbocycles. The second-order valence-electron chi connectivity index (χ2n) is 3.66. The Kier molecular flexibility index (Phi) is 4.11. The van der Waals surface area contributed by atoms with Gasteiger partial charge >= 0.3 is 5.97 Å². The first-order valence-electron chi connectivity index (χ1n) is 5.89. The minimum absolute atomic E-state index is 0.00408. The number of carbonyl (C=O) groups is 1. The molecule has 2 rings (SSSR count). The van der Waals surface area contributed by atoms with Crippen molar-refractivity contribution in [2.45, 2.75) is 20.4 Å². The van der Waals surface area contributed by atoms with Gasteiger partial charge in [0.25, 0.3) is 0 Å². The number of esters is 1. The Morgan fingerprint density at radius 2 is 2.21 bits per heavy atom. The number of carbonyl (C=O) groups excluding carboxylic acids is 1. The van der Waals surface area contributed by atoms with E-state index in [0.29, 0.717) is 12.2 Å². The topological polar surface area (TPSA) is 69.9 Å². The third-order valence-electron chi connectivity index (χ3n) is 2.46. The van der Waals surface area contributed by atoms with Gasteiger partial charge in [-0.3, -0.25) is 4.68 Å². The SMILES string of the molecule is CCOC(=O)c1cc(-c2ccnn2CC)nc(Cl)n1. The first-order valence-corrected chi connectivity index (χ1v) is 6.27. The molecule has 0 N–H and O–H groups in total. The number of halogens is 1. The van der Waals surface area contributed by atoms with Crippen LogP contribution >= 0.6 is 11.6 Å². The Bertz CT molecular complexity index is 597. The van der Waals surface area contributed by atoms with Crippen LogP contribution in [0.4, 0.5) is 0 Å². The summed E-state index contributed by atoms with van der Waals surface area (Å²) in [5.41, 5.74) is 1.46. The molecule has 19 heavy (non-hydrogen) atoms. The van der Waals surface area contributed by atoms with E-state index in [0.717, 1.165) is 5.69 Å². The highest BCUT2D eigenvalue weighted by Gasteiger charge is 2.14. The van der Waals surface area contributed by atoms with Crippen molar-refractivity contribution in [3.8, 4) is 11.4 Å². The quantitative estimate of drug-likeness (QED) is 0.634. The molecule has 100 valence electrons. The van der Waals surface area contributed by atoms with Crippen molar-refractivity contribution >= 4 is 17.6 Å². The molecule has 7 heteroatoms. The lowest BCUT2D eigenvalue weighted by Gasteiger charge is -2.06. The summed E-state index contributed by atoms with van der Waals surface area (Å²) in [5, 5.41) is 4.15. The van der Waals surface area contributed by atoms with Gasteiger partial charge in [-0.1, -0.05) is 0 Å². The molecule has 0 aliphatic rings. The maximum absolute atomic E-state index is 11.7. The Morgan fingerprint density at radius 1 is 1.42 bits per heavy atom. The van der Waals surface area contributed by atoms with Crippen LogP contribution < -0.4 is 0 Å². The number of aromatic nitrogens is 4. The third-order valence-corrected chi connectivity index (χ3v) is 2.63. The zero-order valence-electron chi connectivity index (χ0n) is 10.6. The maximum Gasteiger partial charge on any atom is 0.357 e. The Balaban J connectivity index is 2.44. The van der Waals surface area contributed by atoms with Gasteiger partial charge < -0.3 is 4.74 Å². The number of ether oxygens (including phenoxy) is 1.